The van der Waals surface area contributed by atoms with E-state index in [1.807, 2.05) is 0 Å². The molecule has 5 nitrogen and oxygen atoms in total. The van der Waals surface area contributed by atoms with Crippen LogP contribution in [-0.4, -0.2) is 36.1 Å². The number of carboxylic acids is 1. The fourth-order valence-corrected chi connectivity index (χ4v) is 1.07. The highest BCUT2D eigenvalue weighted by Crippen LogP contribution is 2.17. The van der Waals surface area contributed by atoms with Gasteiger partial charge in [-0.3, -0.25) is 4.79 Å². The van der Waals surface area contributed by atoms with Gasteiger partial charge >= 0.3 is 5.97 Å². The lowest BCUT2D eigenvalue weighted by Crippen LogP contribution is -2.58. The van der Waals surface area contributed by atoms with E-state index in [9.17, 15) is 4.79 Å². The summed E-state index contributed by atoms with van der Waals surface area (Å²) in [6, 6.07) is 0. The van der Waals surface area contributed by atoms with Crippen LogP contribution in [0.3, 0.4) is 0 Å². The lowest BCUT2D eigenvalue weighted by atomic mass is 9.97. The summed E-state index contributed by atoms with van der Waals surface area (Å²) in [4.78, 5) is 11.0. The molecular formula is C9H19NO4. The molecule has 1 atom stereocenters. The molecule has 0 heterocycles. The zero-order valence-corrected chi connectivity index (χ0v) is 8.95. The lowest BCUT2D eigenvalue weighted by molar-refractivity contribution is -0.192. The van der Waals surface area contributed by atoms with Crippen LogP contribution < -0.4 is 5.73 Å². The van der Waals surface area contributed by atoms with Crippen LogP contribution in [-0.2, 0) is 14.3 Å². The molecule has 0 fully saturated rings. The first-order valence-corrected chi connectivity index (χ1v) is 4.78. The van der Waals surface area contributed by atoms with Crippen LogP contribution in [0.15, 0.2) is 0 Å². The quantitative estimate of drug-likeness (QED) is 0.594. The number of carbonyl (C=O) groups is 1. The number of hydrogen-bond donors (Lipinski definition) is 2. The third-order valence-corrected chi connectivity index (χ3v) is 2.04. The van der Waals surface area contributed by atoms with Gasteiger partial charge in [0.15, 0.2) is 11.8 Å². The molecule has 0 saturated carbocycles. The van der Waals surface area contributed by atoms with Crippen LogP contribution in [0.25, 0.3) is 0 Å². The van der Waals surface area contributed by atoms with Crippen molar-refractivity contribution in [2.24, 2.45) is 5.73 Å². The van der Waals surface area contributed by atoms with Gasteiger partial charge in [0, 0.05) is 13.2 Å². The van der Waals surface area contributed by atoms with E-state index in [1.165, 1.54) is 0 Å². The van der Waals surface area contributed by atoms with Gasteiger partial charge in [-0.1, -0.05) is 6.92 Å². The predicted octanol–water partition coefficient (Wildman–Crippen LogP) is 0.578. The minimum Gasteiger partial charge on any atom is -0.480 e. The van der Waals surface area contributed by atoms with E-state index in [4.69, 9.17) is 20.3 Å². The number of carboxylic acid groups (broad SMARTS) is 1. The van der Waals surface area contributed by atoms with E-state index in [0.717, 1.165) is 0 Å². The summed E-state index contributed by atoms with van der Waals surface area (Å²) < 4.78 is 10.3. The normalized spacial score (nSPS) is 15.5. The highest BCUT2D eigenvalue weighted by atomic mass is 16.7. The summed E-state index contributed by atoms with van der Waals surface area (Å²) in [7, 11) is 0. The first-order chi connectivity index (χ1) is 6.52. The number of hydrogen-bond acceptors (Lipinski definition) is 4. The molecule has 0 saturated heterocycles. The van der Waals surface area contributed by atoms with Gasteiger partial charge in [0.1, 0.15) is 0 Å². The Morgan fingerprint density at radius 1 is 1.36 bits per heavy atom. The van der Waals surface area contributed by atoms with Crippen molar-refractivity contribution in [3.8, 4) is 0 Å². The molecule has 0 aliphatic heterocycles. The van der Waals surface area contributed by atoms with Gasteiger partial charge in [-0.2, -0.15) is 0 Å². The molecule has 0 aromatic rings. The standard InChI is InChI=1S/C9H19NO4/c1-4-9(10,7(11)12)8(13-5-2)14-6-3/h8H,4-6,10H2,1-3H3,(H,11,12). The van der Waals surface area contributed by atoms with Crippen LogP contribution >= 0.6 is 0 Å². The second kappa shape index (κ2) is 5.95. The summed E-state index contributed by atoms with van der Waals surface area (Å²) in [6.07, 6.45) is -0.632. The van der Waals surface area contributed by atoms with Gasteiger partial charge in [0.05, 0.1) is 0 Å². The summed E-state index contributed by atoms with van der Waals surface area (Å²) in [5.41, 5.74) is 4.24. The highest BCUT2D eigenvalue weighted by Gasteiger charge is 2.42. The Labute approximate surface area is 84.2 Å². The van der Waals surface area contributed by atoms with Gasteiger partial charge < -0.3 is 20.3 Å². The first kappa shape index (κ1) is 13.4. The molecule has 84 valence electrons. The smallest absolute Gasteiger partial charge is 0.328 e. The Hall–Kier alpha value is -0.650. The Balaban J connectivity index is 4.63. The third-order valence-electron chi connectivity index (χ3n) is 2.04. The van der Waals surface area contributed by atoms with Gasteiger partial charge in [0.2, 0.25) is 0 Å². The van der Waals surface area contributed by atoms with E-state index >= 15 is 0 Å². The maximum atomic E-state index is 11.0. The fraction of sp³-hybridized carbons (Fsp3) is 0.889. The average Bonchev–Trinajstić information content (AvgIpc) is 2.16. The molecule has 1 unspecified atom stereocenters. The zero-order chi connectivity index (χ0) is 11.2. The molecule has 0 amide bonds. The zero-order valence-electron chi connectivity index (χ0n) is 8.95. The Bertz CT molecular complexity index is 180. The molecule has 3 N–H and O–H groups in total. The minimum absolute atomic E-state index is 0.257. The van der Waals surface area contributed by atoms with Crippen LogP contribution in [0.5, 0.6) is 0 Å². The maximum Gasteiger partial charge on any atom is 0.328 e. The number of nitrogens with two attached hydrogens (primary N) is 1. The summed E-state index contributed by atoms with van der Waals surface area (Å²) in [5, 5.41) is 8.97. The summed E-state index contributed by atoms with van der Waals surface area (Å²) in [6.45, 7) is 5.97. The SMILES string of the molecule is CCOC(OCC)C(N)(CC)C(=O)O. The van der Waals surface area contributed by atoms with E-state index in [-0.39, 0.29) is 6.42 Å². The van der Waals surface area contributed by atoms with Crippen molar-refractivity contribution < 1.29 is 19.4 Å². The van der Waals surface area contributed by atoms with Gasteiger partial charge in [0.25, 0.3) is 0 Å². The Kier molecular flexibility index (Phi) is 5.68. The number of rotatable bonds is 7. The second-order valence-electron chi connectivity index (χ2n) is 2.94. The first-order valence-electron chi connectivity index (χ1n) is 4.78. The minimum atomic E-state index is -1.47. The highest BCUT2D eigenvalue weighted by molar-refractivity contribution is 5.79. The summed E-state index contributed by atoms with van der Waals surface area (Å²) in [5.74, 6) is -1.10. The van der Waals surface area contributed by atoms with Crippen LogP contribution in [0.1, 0.15) is 27.2 Å². The number of ether oxygens (including phenoxy) is 2. The van der Waals surface area contributed by atoms with Gasteiger partial charge in [-0.15, -0.1) is 0 Å². The average molecular weight is 205 g/mol. The molecule has 0 aliphatic carbocycles. The van der Waals surface area contributed by atoms with E-state index in [0.29, 0.717) is 13.2 Å². The molecule has 0 rings (SSSR count). The second-order valence-corrected chi connectivity index (χ2v) is 2.94. The largest absolute Gasteiger partial charge is 0.480 e. The van der Waals surface area contributed by atoms with E-state index in [1.54, 1.807) is 20.8 Å². The third kappa shape index (κ3) is 2.94. The Morgan fingerprint density at radius 3 is 2.00 bits per heavy atom. The molecule has 0 aliphatic rings. The van der Waals surface area contributed by atoms with Crippen LogP contribution in [0.2, 0.25) is 0 Å². The molecule has 0 bridgehead atoms. The molecule has 0 radical (unpaired) electrons. The fourth-order valence-electron chi connectivity index (χ4n) is 1.07. The topological polar surface area (TPSA) is 81.8 Å². The molecule has 5 heteroatoms. The van der Waals surface area contributed by atoms with E-state index < -0.39 is 17.8 Å². The maximum absolute atomic E-state index is 11.0. The van der Waals surface area contributed by atoms with Gasteiger partial charge in [-0.25, -0.2) is 0 Å². The van der Waals surface area contributed by atoms with E-state index in [2.05, 4.69) is 0 Å². The monoisotopic (exact) mass is 205 g/mol. The summed E-state index contributed by atoms with van der Waals surface area (Å²) >= 11 is 0. The van der Waals surface area contributed by atoms with Gasteiger partial charge in [-0.05, 0) is 20.3 Å². The molecule has 0 aromatic carbocycles. The molecule has 14 heavy (non-hydrogen) atoms. The molecule has 0 aromatic heterocycles. The molecule has 0 spiro atoms. The van der Waals surface area contributed by atoms with Crippen molar-refractivity contribution in [3.05, 3.63) is 0 Å². The molecular weight excluding hydrogens is 186 g/mol. The van der Waals surface area contributed by atoms with Crippen LogP contribution in [0, 0.1) is 0 Å². The van der Waals surface area contributed by atoms with Crippen molar-refractivity contribution in [2.45, 2.75) is 39.0 Å². The number of aliphatic carboxylic acids is 1. The van der Waals surface area contributed by atoms with Crippen molar-refractivity contribution >= 4 is 5.97 Å². The van der Waals surface area contributed by atoms with Crippen LogP contribution in [0.4, 0.5) is 0 Å². The lowest BCUT2D eigenvalue weighted by Gasteiger charge is -2.31. The van der Waals surface area contributed by atoms with Crippen molar-refractivity contribution in [2.75, 3.05) is 13.2 Å². The Morgan fingerprint density at radius 2 is 1.79 bits per heavy atom. The van der Waals surface area contributed by atoms with Crippen molar-refractivity contribution in [1.29, 1.82) is 0 Å². The predicted molar refractivity (Wildman–Crippen MR) is 51.9 cm³/mol. The van der Waals surface area contributed by atoms with Crippen molar-refractivity contribution in [3.63, 3.8) is 0 Å². The van der Waals surface area contributed by atoms with Crippen molar-refractivity contribution in [1.82, 2.24) is 0 Å².